The number of aromatic nitrogens is 4. The first-order chi connectivity index (χ1) is 12.6. The molecule has 8 nitrogen and oxygen atoms in total. The number of carbonyl (C=O) groups excluding carboxylic acids is 1. The van der Waals surface area contributed by atoms with Gasteiger partial charge in [0.1, 0.15) is 17.9 Å². The van der Waals surface area contributed by atoms with E-state index in [0.29, 0.717) is 43.5 Å². The molecule has 0 saturated heterocycles. The molecule has 1 aromatic heterocycles. The molecule has 0 bridgehead atoms. The Morgan fingerprint density at radius 2 is 2.31 bits per heavy atom. The number of aliphatic hydroxyl groups excluding tert-OH is 1. The lowest BCUT2D eigenvalue weighted by atomic mass is 9.74. The van der Waals surface area contributed by atoms with Crippen molar-refractivity contribution in [3.8, 4) is 5.75 Å². The first kappa shape index (κ1) is 18.2. The average Bonchev–Trinajstić information content (AvgIpc) is 3.10. The molecule has 0 spiro atoms. The predicted molar refractivity (Wildman–Crippen MR) is 89.6 cm³/mol. The number of hydrogen-bond donors (Lipinski definition) is 2. The number of methoxy groups -OCH3 is 1. The fraction of sp³-hybridized carbons (Fsp3) is 0.529. The average molecular weight is 363 g/mol. The lowest BCUT2D eigenvalue weighted by Gasteiger charge is -2.38. The van der Waals surface area contributed by atoms with E-state index in [1.165, 1.54) is 25.6 Å². The van der Waals surface area contributed by atoms with Gasteiger partial charge in [-0.1, -0.05) is 0 Å². The van der Waals surface area contributed by atoms with E-state index in [0.717, 1.165) is 0 Å². The molecule has 2 aromatic rings. The van der Waals surface area contributed by atoms with Crippen molar-refractivity contribution in [1.82, 2.24) is 25.5 Å². The molecule has 0 radical (unpaired) electrons. The standard InChI is InChI=1S/C17H22FN5O3/c1-26-15-5-4-12(18)9-14(15)17(11-7-13(24)8-11)20-16(25)3-2-6-23-10-19-21-22-23/h4-5,9-11,13,17,24H,2-3,6-8H2,1H3,(H,20,25)/t11?,13?,17-/m0/s1. The van der Waals surface area contributed by atoms with E-state index in [1.807, 2.05) is 0 Å². The summed E-state index contributed by atoms with van der Waals surface area (Å²) >= 11 is 0. The number of hydrogen-bond acceptors (Lipinski definition) is 6. The number of ether oxygens (including phenoxy) is 1. The van der Waals surface area contributed by atoms with E-state index in [9.17, 15) is 14.3 Å². The zero-order valence-corrected chi connectivity index (χ0v) is 14.5. The van der Waals surface area contributed by atoms with Crippen LogP contribution in [0.4, 0.5) is 4.39 Å². The molecule has 2 N–H and O–H groups in total. The normalized spacial score (nSPS) is 20.3. The molecular weight excluding hydrogens is 341 g/mol. The number of nitrogens with zero attached hydrogens (tertiary/aromatic N) is 4. The predicted octanol–water partition coefficient (Wildman–Crippen LogP) is 1.23. The molecule has 140 valence electrons. The second-order valence-corrected chi connectivity index (χ2v) is 6.49. The summed E-state index contributed by atoms with van der Waals surface area (Å²) in [7, 11) is 1.51. The van der Waals surface area contributed by atoms with Gasteiger partial charge in [-0.25, -0.2) is 9.07 Å². The molecular formula is C17H22FN5O3. The van der Waals surface area contributed by atoms with Crippen LogP contribution in [0.3, 0.4) is 0 Å². The molecule has 9 heteroatoms. The third kappa shape index (κ3) is 4.34. The largest absolute Gasteiger partial charge is 0.496 e. The number of aryl methyl sites for hydroxylation is 1. The Balaban J connectivity index is 1.66. The highest BCUT2D eigenvalue weighted by Gasteiger charge is 2.37. The zero-order chi connectivity index (χ0) is 18.5. The highest BCUT2D eigenvalue weighted by atomic mass is 19.1. The number of benzene rings is 1. The number of amides is 1. The smallest absolute Gasteiger partial charge is 0.220 e. The van der Waals surface area contributed by atoms with E-state index in [1.54, 1.807) is 10.7 Å². The molecule has 1 aliphatic carbocycles. The Morgan fingerprint density at radius 3 is 2.96 bits per heavy atom. The minimum Gasteiger partial charge on any atom is -0.496 e. The van der Waals surface area contributed by atoms with Crippen molar-refractivity contribution < 1.29 is 19.0 Å². The fourth-order valence-corrected chi connectivity index (χ4v) is 3.23. The molecule has 1 aliphatic rings. The van der Waals surface area contributed by atoms with Gasteiger partial charge in [-0.3, -0.25) is 4.79 Å². The molecule has 1 heterocycles. The van der Waals surface area contributed by atoms with Gasteiger partial charge >= 0.3 is 0 Å². The summed E-state index contributed by atoms with van der Waals surface area (Å²) in [4.78, 5) is 12.4. The lowest BCUT2D eigenvalue weighted by molar-refractivity contribution is -0.123. The summed E-state index contributed by atoms with van der Waals surface area (Å²) in [6.07, 6.45) is 3.12. The molecule has 0 unspecified atom stereocenters. The van der Waals surface area contributed by atoms with Gasteiger partial charge in [0, 0.05) is 18.5 Å². The van der Waals surface area contributed by atoms with Crippen LogP contribution in [0, 0.1) is 11.7 Å². The maximum Gasteiger partial charge on any atom is 0.220 e. The summed E-state index contributed by atoms with van der Waals surface area (Å²) in [5.74, 6) is 0.0327. The molecule has 1 amide bonds. The van der Waals surface area contributed by atoms with Crippen molar-refractivity contribution >= 4 is 5.91 Å². The van der Waals surface area contributed by atoms with Gasteiger partial charge in [0.25, 0.3) is 0 Å². The third-order valence-corrected chi connectivity index (χ3v) is 4.65. The Hall–Kier alpha value is -2.55. The van der Waals surface area contributed by atoms with Crippen molar-refractivity contribution in [2.45, 2.75) is 44.4 Å². The third-order valence-electron chi connectivity index (χ3n) is 4.65. The van der Waals surface area contributed by atoms with Crippen LogP contribution in [-0.2, 0) is 11.3 Å². The van der Waals surface area contributed by atoms with Gasteiger partial charge in [0.05, 0.1) is 19.3 Å². The van der Waals surface area contributed by atoms with E-state index in [2.05, 4.69) is 20.8 Å². The second-order valence-electron chi connectivity index (χ2n) is 6.49. The zero-order valence-electron chi connectivity index (χ0n) is 14.5. The van der Waals surface area contributed by atoms with E-state index < -0.39 is 11.9 Å². The molecule has 1 fully saturated rings. The Bertz CT molecular complexity index is 734. The second kappa shape index (κ2) is 8.22. The number of rotatable bonds is 8. The van der Waals surface area contributed by atoms with E-state index in [4.69, 9.17) is 4.74 Å². The first-order valence-corrected chi connectivity index (χ1v) is 8.58. The van der Waals surface area contributed by atoms with Crippen LogP contribution in [0.1, 0.15) is 37.3 Å². The highest BCUT2D eigenvalue weighted by molar-refractivity contribution is 5.76. The summed E-state index contributed by atoms with van der Waals surface area (Å²) in [5, 5.41) is 23.5. The number of tetrazole rings is 1. The number of halogens is 1. The lowest BCUT2D eigenvalue weighted by Crippen LogP contribution is -2.41. The van der Waals surface area contributed by atoms with Crippen molar-refractivity contribution in [3.63, 3.8) is 0 Å². The van der Waals surface area contributed by atoms with Gasteiger partial charge in [0.15, 0.2) is 0 Å². The van der Waals surface area contributed by atoms with Gasteiger partial charge < -0.3 is 15.2 Å². The van der Waals surface area contributed by atoms with Crippen LogP contribution in [0.15, 0.2) is 24.5 Å². The first-order valence-electron chi connectivity index (χ1n) is 8.58. The summed E-state index contributed by atoms with van der Waals surface area (Å²) in [5.41, 5.74) is 0.596. The molecule has 3 rings (SSSR count). The van der Waals surface area contributed by atoms with Crippen LogP contribution in [0.25, 0.3) is 0 Å². The molecule has 1 saturated carbocycles. The van der Waals surface area contributed by atoms with Crippen molar-refractivity contribution in [1.29, 1.82) is 0 Å². The van der Waals surface area contributed by atoms with Crippen LogP contribution in [-0.4, -0.2) is 44.4 Å². The Labute approximate surface area is 150 Å². The quantitative estimate of drug-likeness (QED) is 0.731. The van der Waals surface area contributed by atoms with Crippen LogP contribution in [0.2, 0.25) is 0 Å². The van der Waals surface area contributed by atoms with Crippen molar-refractivity contribution in [3.05, 3.63) is 35.9 Å². The topological polar surface area (TPSA) is 102 Å². The summed E-state index contributed by atoms with van der Waals surface area (Å²) in [6.45, 7) is 0.538. The van der Waals surface area contributed by atoms with Crippen LogP contribution >= 0.6 is 0 Å². The van der Waals surface area contributed by atoms with Crippen molar-refractivity contribution in [2.75, 3.05) is 7.11 Å². The number of nitrogens with one attached hydrogen (secondary N) is 1. The van der Waals surface area contributed by atoms with Crippen LogP contribution < -0.4 is 10.1 Å². The maximum atomic E-state index is 13.8. The number of carbonyl (C=O) groups is 1. The van der Waals surface area contributed by atoms with Gasteiger partial charge in [-0.2, -0.15) is 0 Å². The monoisotopic (exact) mass is 363 g/mol. The maximum absolute atomic E-state index is 13.8. The SMILES string of the molecule is COc1ccc(F)cc1[C@@H](NC(=O)CCCn1cnnn1)C1CC(O)C1. The molecule has 1 aromatic carbocycles. The Kier molecular flexibility index (Phi) is 5.77. The van der Waals surface area contributed by atoms with Crippen molar-refractivity contribution in [2.24, 2.45) is 5.92 Å². The number of aliphatic hydroxyl groups is 1. The summed E-state index contributed by atoms with van der Waals surface area (Å²) in [6, 6.07) is 3.86. The van der Waals surface area contributed by atoms with Gasteiger partial charge in [0.2, 0.25) is 5.91 Å². The van der Waals surface area contributed by atoms with Gasteiger partial charge in [-0.15, -0.1) is 5.10 Å². The van der Waals surface area contributed by atoms with Crippen LogP contribution in [0.5, 0.6) is 5.75 Å². The van der Waals surface area contributed by atoms with E-state index >= 15 is 0 Å². The molecule has 0 aliphatic heterocycles. The summed E-state index contributed by atoms with van der Waals surface area (Å²) < 4.78 is 20.7. The minimum absolute atomic E-state index is 0.0455. The Morgan fingerprint density at radius 1 is 1.50 bits per heavy atom. The van der Waals surface area contributed by atoms with E-state index in [-0.39, 0.29) is 17.9 Å². The minimum atomic E-state index is -0.399. The highest BCUT2D eigenvalue weighted by Crippen LogP contribution is 2.41. The fourth-order valence-electron chi connectivity index (χ4n) is 3.23. The van der Waals surface area contributed by atoms with Gasteiger partial charge in [-0.05, 0) is 53.8 Å². The molecule has 1 atom stereocenters. The molecule has 26 heavy (non-hydrogen) atoms.